The summed E-state index contributed by atoms with van der Waals surface area (Å²) in [5, 5.41) is 20.0. The molecule has 16 aromatic rings. The fraction of sp³-hybridized carbons (Fsp3) is 0. The minimum absolute atomic E-state index is 0.920. The van der Waals surface area contributed by atoms with E-state index in [4.69, 9.17) is 4.42 Å². The van der Waals surface area contributed by atoms with Crippen LogP contribution < -0.4 is 0 Å². The molecule has 0 spiro atoms. The van der Waals surface area contributed by atoms with Gasteiger partial charge in [-0.25, -0.2) is 0 Å². The molecular formula is C76H48O. The minimum Gasteiger partial charge on any atom is -0.456 e. The van der Waals surface area contributed by atoms with E-state index in [1.807, 2.05) is 0 Å². The van der Waals surface area contributed by atoms with Crippen molar-refractivity contribution in [3.8, 4) is 55.6 Å². The number of benzene rings is 15. The minimum atomic E-state index is 0.920. The Morgan fingerprint density at radius 1 is 0.182 bits per heavy atom. The van der Waals surface area contributed by atoms with Gasteiger partial charge in [-0.1, -0.05) is 255 Å². The van der Waals surface area contributed by atoms with Gasteiger partial charge in [0.25, 0.3) is 0 Å². The number of fused-ring (bicyclic) bond motifs is 10. The Hall–Kier alpha value is -10.1. The Kier molecular flexibility index (Phi) is 10.6. The van der Waals surface area contributed by atoms with Gasteiger partial charge in [0, 0.05) is 10.8 Å². The van der Waals surface area contributed by atoms with E-state index >= 15 is 0 Å². The quantitative estimate of drug-likeness (QED) is 0.157. The van der Waals surface area contributed by atoms with E-state index < -0.39 is 0 Å². The number of rotatable bonds is 5. The van der Waals surface area contributed by atoms with Crippen LogP contribution in [0.15, 0.2) is 296 Å². The van der Waals surface area contributed by atoms with Crippen LogP contribution >= 0.6 is 0 Å². The Bertz CT molecular complexity index is 4870. The van der Waals surface area contributed by atoms with Crippen molar-refractivity contribution in [2.45, 2.75) is 0 Å². The predicted octanol–water partition coefficient (Wildman–Crippen LogP) is 21.7. The summed E-state index contributed by atoms with van der Waals surface area (Å²) in [5.41, 5.74) is 14.4. The molecule has 1 nitrogen and oxygen atoms in total. The van der Waals surface area contributed by atoms with Crippen LogP contribution in [-0.2, 0) is 0 Å². The van der Waals surface area contributed by atoms with Crippen molar-refractivity contribution in [1.82, 2.24) is 0 Å². The molecular weight excluding hydrogens is 929 g/mol. The monoisotopic (exact) mass is 976 g/mol. The molecule has 15 aromatic carbocycles. The molecule has 0 aliphatic rings. The number of hydrogen-bond acceptors (Lipinski definition) is 1. The number of furan rings is 1. The Labute approximate surface area is 446 Å². The first-order valence-corrected chi connectivity index (χ1v) is 26.6. The van der Waals surface area contributed by atoms with Crippen molar-refractivity contribution in [2.24, 2.45) is 0 Å². The van der Waals surface area contributed by atoms with E-state index in [0.717, 1.165) is 16.6 Å². The normalized spacial score (nSPS) is 11.6. The van der Waals surface area contributed by atoms with Gasteiger partial charge in [-0.15, -0.1) is 0 Å². The van der Waals surface area contributed by atoms with E-state index in [1.54, 1.807) is 0 Å². The average molecular weight is 977 g/mol. The van der Waals surface area contributed by atoms with Gasteiger partial charge in [0.05, 0.1) is 0 Å². The lowest BCUT2D eigenvalue weighted by molar-refractivity contribution is 0.669. The van der Waals surface area contributed by atoms with Crippen LogP contribution in [0.4, 0.5) is 0 Å². The van der Waals surface area contributed by atoms with Crippen LogP contribution in [0.25, 0.3) is 153 Å². The van der Waals surface area contributed by atoms with Crippen molar-refractivity contribution in [1.29, 1.82) is 0 Å². The lowest BCUT2D eigenvalue weighted by Crippen LogP contribution is -1.91. The summed E-state index contributed by atoms with van der Waals surface area (Å²) in [6, 6.07) is 105. The SMILES string of the molecule is c1cc(-c2ccc3ccccc3c2)cc(-c2c3ccccc3c(-c3ccc4ccccc4c3)c3ccccc23)c1.c1ccc(-c2c3ccccc3c(-c3cccc4oc5cc6ccccc6cc5c34)c3ccccc23)cc1. The second-order valence-electron chi connectivity index (χ2n) is 20.2. The Morgan fingerprint density at radius 2 is 0.545 bits per heavy atom. The first-order chi connectivity index (χ1) is 38.2. The first kappa shape index (κ1) is 44.4. The van der Waals surface area contributed by atoms with Crippen LogP contribution in [0, 0.1) is 0 Å². The van der Waals surface area contributed by atoms with E-state index in [0.29, 0.717) is 0 Å². The first-order valence-electron chi connectivity index (χ1n) is 26.6. The smallest absolute Gasteiger partial charge is 0.136 e. The zero-order chi connectivity index (χ0) is 50.8. The van der Waals surface area contributed by atoms with Crippen molar-refractivity contribution >= 4 is 97.3 Å². The third-order valence-corrected chi connectivity index (χ3v) is 15.8. The fourth-order valence-corrected chi connectivity index (χ4v) is 12.4. The van der Waals surface area contributed by atoms with Crippen LogP contribution in [-0.4, -0.2) is 0 Å². The van der Waals surface area contributed by atoms with Crippen molar-refractivity contribution in [3.63, 3.8) is 0 Å². The van der Waals surface area contributed by atoms with Crippen molar-refractivity contribution < 1.29 is 4.42 Å². The topological polar surface area (TPSA) is 13.1 Å². The second-order valence-corrected chi connectivity index (χ2v) is 20.2. The molecule has 16 rings (SSSR count). The summed E-state index contributed by atoms with van der Waals surface area (Å²) in [5.74, 6) is 0. The molecule has 0 saturated heterocycles. The highest BCUT2D eigenvalue weighted by Gasteiger charge is 2.21. The van der Waals surface area contributed by atoms with Gasteiger partial charge in [0.15, 0.2) is 0 Å². The molecule has 0 bridgehead atoms. The van der Waals surface area contributed by atoms with Crippen molar-refractivity contribution in [2.75, 3.05) is 0 Å². The molecule has 0 aliphatic carbocycles. The standard InChI is InChI=1S/C40H26.C36H22O/c1-3-12-29-24-32(22-20-27(29)10-1)31-14-9-15-33(26-31)39-35-16-5-7-18-37(35)40(38-19-8-6-17-36(38)39)34-23-21-28-11-2-4-13-30(28)25-34;1-2-11-23(12-3-1)34-26-15-6-8-17-28(26)35(29-18-9-7-16-27(29)34)30-19-10-20-32-36(30)31-21-24-13-4-5-14-25(24)22-33(31)37-32/h1-26H;1-22H. The lowest BCUT2D eigenvalue weighted by atomic mass is 9.85. The highest BCUT2D eigenvalue weighted by molar-refractivity contribution is 6.26. The molecule has 1 aromatic heterocycles. The van der Waals surface area contributed by atoms with Crippen LogP contribution in [0.3, 0.4) is 0 Å². The second kappa shape index (κ2) is 18.4. The van der Waals surface area contributed by atoms with Gasteiger partial charge in [0.2, 0.25) is 0 Å². The van der Waals surface area contributed by atoms with Gasteiger partial charge in [0.1, 0.15) is 11.2 Å². The zero-order valence-electron chi connectivity index (χ0n) is 42.1. The maximum atomic E-state index is 6.44. The maximum Gasteiger partial charge on any atom is 0.136 e. The van der Waals surface area contributed by atoms with E-state index in [-0.39, 0.29) is 0 Å². The summed E-state index contributed by atoms with van der Waals surface area (Å²) in [6.07, 6.45) is 0. The largest absolute Gasteiger partial charge is 0.456 e. The van der Waals surface area contributed by atoms with Crippen LogP contribution in [0.2, 0.25) is 0 Å². The summed E-state index contributed by atoms with van der Waals surface area (Å²) in [7, 11) is 0. The van der Waals surface area contributed by atoms with Crippen LogP contribution in [0.5, 0.6) is 0 Å². The Morgan fingerprint density at radius 3 is 1.09 bits per heavy atom. The molecule has 0 radical (unpaired) electrons. The molecule has 0 fully saturated rings. The van der Waals surface area contributed by atoms with E-state index in [1.165, 1.54) is 136 Å². The summed E-state index contributed by atoms with van der Waals surface area (Å²) in [6.45, 7) is 0. The molecule has 0 unspecified atom stereocenters. The third-order valence-electron chi connectivity index (χ3n) is 15.8. The molecule has 0 amide bonds. The lowest BCUT2D eigenvalue weighted by Gasteiger charge is -2.18. The molecule has 0 saturated carbocycles. The van der Waals surface area contributed by atoms with Crippen LogP contribution in [0.1, 0.15) is 0 Å². The third kappa shape index (κ3) is 7.55. The number of hydrogen-bond donors (Lipinski definition) is 0. The Balaban J connectivity index is 0.000000135. The van der Waals surface area contributed by atoms with Gasteiger partial charge in [-0.2, -0.15) is 0 Å². The van der Waals surface area contributed by atoms with Crippen molar-refractivity contribution in [3.05, 3.63) is 291 Å². The molecule has 77 heavy (non-hydrogen) atoms. The summed E-state index contributed by atoms with van der Waals surface area (Å²) in [4.78, 5) is 0. The fourth-order valence-electron chi connectivity index (χ4n) is 12.4. The highest BCUT2D eigenvalue weighted by atomic mass is 16.3. The van der Waals surface area contributed by atoms with Gasteiger partial charge in [-0.05, 0) is 167 Å². The maximum absolute atomic E-state index is 6.44. The highest BCUT2D eigenvalue weighted by Crippen LogP contribution is 2.48. The average Bonchev–Trinajstić information content (AvgIpc) is 3.93. The van der Waals surface area contributed by atoms with E-state index in [9.17, 15) is 0 Å². The molecule has 0 atom stereocenters. The van der Waals surface area contributed by atoms with Gasteiger partial charge < -0.3 is 4.42 Å². The predicted molar refractivity (Wildman–Crippen MR) is 330 cm³/mol. The molecule has 0 N–H and O–H groups in total. The molecule has 1 heteroatoms. The summed E-state index contributed by atoms with van der Waals surface area (Å²) >= 11 is 0. The molecule has 358 valence electrons. The zero-order valence-corrected chi connectivity index (χ0v) is 42.1. The molecule has 1 heterocycles. The van der Waals surface area contributed by atoms with E-state index in [2.05, 4.69) is 291 Å². The van der Waals surface area contributed by atoms with Gasteiger partial charge in [-0.3, -0.25) is 0 Å². The van der Waals surface area contributed by atoms with Gasteiger partial charge >= 0.3 is 0 Å². The summed E-state index contributed by atoms with van der Waals surface area (Å²) < 4.78 is 6.44. The molecule has 0 aliphatic heterocycles.